The molecule has 0 bridgehead atoms. The molecule has 2 N–H and O–H groups in total. The summed E-state index contributed by atoms with van der Waals surface area (Å²) >= 11 is 0. The lowest BCUT2D eigenvalue weighted by molar-refractivity contribution is -0.154. The molecule has 0 radical (unpaired) electrons. The van der Waals surface area contributed by atoms with Crippen molar-refractivity contribution in [2.24, 2.45) is 5.14 Å². The van der Waals surface area contributed by atoms with Gasteiger partial charge < -0.3 is 4.52 Å². The molecule has 0 aliphatic carbocycles. The fraction of sp³-hybridized carbons (Fsp3) is 0.0588. The standard InChI is InChI=1S/C17H9F4N3O3S/c18-12-7-10(4-5-13(12)28(23,25)26)14-15(24-27-16(14)17(19,20)21)11-3-1-2-9(6-11)8-22/h1-7H,(H2,23,25,26). The minimum atomic E-state index is -4.96. The van der Waals surface area contributed by atoms with Gasteiger partial charge in [-0.3, -0.25) is 0 Å². The maximum atomic E-state index is 14.2. The molecule has 0 aliphatic rings. The molecule has 1 aromatic heterocycles. The SMILES string of the molecule is N#Cc1cccc(-c2noc(C(F)(F)F)c2-c2ccc(S(N)(=O)=O)c(F)c2)c1. The van der Waals surface area contributed by atoms with E-state index in [1.54, 1.807) is 0 Å². The Morgan fingerprint density at radius 3 is 2.39 bits per heavy atom. The van der Waals surface area contributed by atoms with Crippen molar-refractivity contribution >= 4 is 10.0 Å². The highest BCUT2D eigenvalue weighted by Crippen LogP contribution is 2.43. The molecular weight excluding hydrogens is 402 g/mol. The number of nitrogens with zero attached hydrogens (tertiary/aromatic N) is 2. The van der Waals surface area contributed by atoms with Crippen molar-refractivity contribution in [2.75, 3.05) is 0 Å². The first-order valence-electron chi connectivity index (χ1n) is 7.42. The van der Waals surface area contributed by atoms with Crippen LogP contribution in [0.15, 0.2) is 51.9 Å². The monoisotopic (exact) mass is 411 g/mol. The third-order valence-electron chi connectivity index (χ3n) is 3.74. The van der Waals surface area contributed by atoms with Crippen LogP contribution in [-0.4, -0.2) is 13.6 Å². The van der Waals surface area contributed by atoms with Crippen LogP contribution >= 0.6 is 0 Å². The normalized spacial score (nSPS) is 12.0. The lowest BCUT2D eigenvalue weighted by atomic mass is 9.98. The van der Waals surface area contributed by atoms with E-state index in [-0.39, 0.29) is 22.4 Å². The smallest absolute Gasteiger partial charge is 0.350 e. The Labute approximate surface area is 155 Å². The minimum absolute atomic E-state index is 0.129. The minimum Gasteiger partial charge on any atom is -0.350 e. The van der Waals surface area contributed by atoms with E-state index >= 15 is 0 Å². The molecule has 0 unspecified atom stereocenters. The Bertz CT molecular complexity index is 1210. The third-order valence-corrected chi connectivity index (χ3v) is 4.69. The maximum absolute atomic E-state index is 14.2. The van der Waals surface area contributed by atoms with Gasteiger partial charge in [-0.05, 0) is 29.8 Å². The Morgan fingerprint density at radius 1 is 1.11 bits per heavy atom. The van der Waals surface area contributed by atoms with Crippen LogP contribution < -0.4 is 5.14 Å². The molecule has 0 saturated carbocycles. The highest BCUT2D eigenvalue weighted by Gasteiger charge is 2.41. The van der Waals surface area contributed by atoms with Gasteiger partial charge >= 0.3 is 6.18 Å². The molecule has 144 valence electrons. The van der Waals surface area contributed by atoms with Gasteiger partial charge in [-0.1, -0.05) is 23.4 Å². The first-order chi connectivity index (χ1) is 13.0. The van der Waals surface area contributed by atoms with E-state index in [1.165, 1.54) is 24.3 Å². The van der Waals surface area contributed by atoms with E-state index in [2.05, 4.69) is 9.68 Å². The van der Waals surface area contributed by atoms with Crippen molar-refractivity contribution in [3.63, 3.8) is 0 Å². The first-order valence-corrected chi connectivity index (χ1v) is 8.97. The molecular formula is C17H9F4N3O3S. The second-order valence-electron chi connectivity index (χ2n) is 5.62. The van der Waals surface area contributed by atoms with Crippen molar-refractivity contribution in [3.8, 4) is 28.5 Å². The number of nitrogens with two attached hydrogens (primary N) is 1. The Kier molecular flexibility index (Phi) is 4.70. The fourth-order valence-electron chi connectivity index (χ4n) is 2.57. The highest BCUT2D eigenvalue weighted by molar-refractivity contribution is 7.89. The van der Waals surface area contributed by atoms with Gasteiger partial charge in [0.15, 0.2) is 0 Å². The molecule has 0 atom stereocenters. The fourth-order valence-corrected chi connectivity index (χ4v) is 3.16. The molecule has 1 heterocycles. The summed E-state index contributed by atoms with van der Waals surface area (Å²) in [6, 6.07) is 9.72. The number of aromatic nitrogens is 1. The molecule has 0 saturated heterocycles. The van der Waals surface area contributed by atoms with Gasteiger partial charge in [0, 0.05) is 5.56 Å². The van der Waals surface area contributed by atoms with Crippen LogP contribution in [0.1, 0.15) is 11.3 Å². The molecule has 11 heteroatoms. The van der Waals surface area contributed by atoms with Crippen molar-refractivity contribution in [3.05, 3.63) is 59.6 Å². The molecule has 0 aliphatic heterocycles. The van der Waals surface area contributed by atoms with Crippen molar-refractivity contribution in [2.45, 2.75) is 11.1 Å². The van der Waals surface area contributed by atoms with Gasteiger partial charge in [0.05, 0.1) is 17.2 Å². The topological polar surface area (TPSA) is 110 Å². The summed E-state index contributed by atoms with van der Waals surface area (Å²) in [6.07, 6.45) is -4.96. The number of alkyl halides is 3. The van der Waals surface area contributed by atoms with Crippen LogP contribution in [0, 0.1) is 17.1 Å². The summed E-state index contributed by atoms with van der Waals surface area (Å²) in [5.41, 5.74) is -0.912. The van der Waals surface area contributed by atoms with Gasteiger partial charge in [0.25, 0.3) is 0 Å². The molecule has 2 aromatic carbocycles. The maximum Gasteiger partial charge on any atom is 0.453 e. The average Bonchev–Trinajstić information content (AvgIpc) is 3.06. The van der Waals surface area contributed by atoms with Crippen LogP contribution in [0.4, 0.5) is 17.6 Å². The zero-order valence-corrected chi connectivity index (χ0v) is 14.5. The van der Waals surface area contributed by atoms with Crippen molar-refractivity contribution < 1.29 is 30.5 Å². The van der Waals surface area contributed by atoms with Crippen LogP contribution in [0.3, 0.4) is 0 Å². The summed E-state index contributed by atoms with van der Waals surface area (Å²) in [6.45, 7) is 0. The highest BCUT2D eigenvalue weighted by atomic mass is 32.2. The molecule has 28 heavy (non-hydrogen) atoms. The van der Waals surface area contributed by atoms with Crippen molar-refractivity contribution in [1.82, 2.24) is 5.16 Å². The quantitative estimate of drug-likeness (QED) is 0.661. The number of hydrogen-bond donors (Lipinski definition) is 1. The second kappa shape index (κ2) is 6.74. The second-order valence-corrected chi connectivity index (χ2v) is 7.15. The summed E-state index contributed by atoms with van der Waals surface area (Å²) in [5.74, 6) is -2.82. The molecule has 3 aromatic rings. The van der Waals surface area contributed by atoms with E-state index in [0.29, 0.717) is 6.07 Å². The largest absolute Gasteiger partial charge is 0.453 e. The molecule has 6 nitrogen and oxygen atoms in total. The Morgan fingerprint density at radius 2 is 1.82 bits per heavy atom. The average molecular weight is 411 g/mol. The van der Waals surface area contributed by atoms with E-state index in [9.17, 15) is 26.0 Å². The summed E-state index contributed by atoms with van der Waals surface area (Å²) in [4.78, 5) is -0.866. The lowest BCUT2D eigenvalue weighted by Crippen LogP contribution is -2.14. The van der Waals surface area contributed by atoms with E-state index in [4.69, 9.17) is 10.4 Å². The van der Waals surface area contributed by atoms with E-state index < -0.39 is 38.2 Å². The van der Waals surface area contributed by atoms with Gasteiger partial charge in [0.2, 0.25) is 15.8 Å². The zero-order valence-electron chi connectivity index (χ0n) is 13.7. The van der Waals surface area contributed by atoms with Crippen molar-refractivity contribution in [1.29, 1.82) is 5.26 Å². The zero-order chi connectivity index (χ0) is 20.7. The van der Waals surface area contributed by atoms with Crippen LogP contribution in [0.2, 0.25) is 0 Å². The van der Waals surface area contributed by atoms with Crippen LogP contribution in [-0.2, 0) is 16.2 Å². The predicted molar refractivity (Wildman–Crippen MR) is 88.4 cm³/mol. The third kappa shape index (κ3) is 3.60. The van der Waals surface area contributed by atoms with Gasteiger partial charge in [-0.2, -0.15) is 18.4 Å². The molecule has 0 amide bonds. The van der Waals surface area contributed by atoms with Crippen LogP contribution in [0.25, 0.3) is 22.4 Å². The molecule has 0 fully saturated rings. The Balaban J connectivity index is 2.29. The van der Waals surface area contributed by atoms with Crippen LogP contribution in [0.5, 0.6) is 0 Å². The lowest BCUT2D eigenvalue weighted by Gasteiger charge is -2.09. The first kappa shape index (κ1) is 19.5. The number of sulfonamides is 1. The summed E-state index contributed by atoms with van der Waals surface area (Å²) < 4.78 is 81.5. The number of rotatable bonds is 3. The summed E-state index contributed by atoms with van der Waals surface area (Å²) in [5, 5.41) is 17.3. The number of hydrogen-bond acceptors (Lipinski definition) is 5. The molecule has 3 rings (SSSR count). The van der Waals surface area contributed by atoms with E-state index in [1.807, 2.05) is 6.07 Å². The number of nitriles is 1. The number of benzene rings is 2. The van der Waals surface area contributed by atoms with Gasteiger partial charge in [-0.25, -0.2) is 17.9 Å². The Hall–Kier alpha value is -3.23. The van der Waals surface area contributed by atoms with Gasteiger partial charge in [0.1, 0.15) is 16.4 Å². The summed E-state index contributed by atoms with van der Waals surface area (Å²) in [7, 11) is -4.40. The molecule has 0 spiro atoms. The van der Waals surface area contributed by atoms with Gasteiger partial charge in [-0.15, -0.1) is 0 Å². The number of primary sulfonamides is 1. The predicted octanol–water partition coefficient (Wildman–Crippen LogP) is 3.69. The van der Waals surface area contributed by atoms with E-state index in [0.717, 1.165) is 12.1 Å². The number of halogens is 4.